The summed E-state index contributed by atoms with van der Waals surface area (Å²) in [5.74, 6) is 0.872. The number of hydrogen-bond acceptors (Lipinski definition) is 2. The van der Waals surface area contributed by atoms with Crippen LogP contribution in [0.3, 0.4) is 0 Å². The summed E-state index contributed by atoms with van der Waals surface area (Å²) in [6, 6.07) is 84.2. The molecule has 2 nitrogen and oxygen atoms in total. The molecule has 1 aromatic heterocycles. The van der Waals surface area contributed by atoms with Gasteiger partial charge in [-0.3, -0.25) is 0 Å². The van der Waals surface area contributed by atoms with Crippen LogP contribution in [0.1, 0.15) is 0 Å². The molecule has 0 radical (unpaired) electrons. The van der Waals surface area contributed by atoms with Gasteiger partial charge in [0.2, 0.25) is 0 Å². The lowest BCUT2D eigenvalue weighted by Crippen LogP contribution is -2.09. The van der Waals surface area contributed by atoms with E-state index in [-0.39, 0.29) is 0 Å². The van der Waals surface area contributed by atoms with E-state index in [9.17, 15) is 0 Å². The van der Waals surface area contributed by atoms with Crippen LogP contribution in [0.25, 0.3) is 77.9 Å². The Morgan fingerprint density at radius 2 is 0.638 bits per heavy atom. The lowest BCUT2D eigenvalue weighted by Gasteiger charge is -2.26. The molecule has 0 amide bonds. The first kappa shape index (κ1) is 34.8. The second kappa shape index (κ2) is 15.5. The van der Waals surface area contributed by atoms with Gasteiger partial charge in [-0.1, -0.05) is 182 Å². The first-order valence-electron chi connectivity index (χ1n) is 19.7. The molecule has 274 valence electrons. The molecular weight excluding hydrogens is 703 g/mol. The van der Waals surface area contributed by atoms with Crippen LogP contribution < -0.4 is 4.90 Å². The first-order chi connectivity index (χ1) is 28.7. The van der Waals surface area contributed by atoms with Crippen molar-refractivity contribution in [3.63, 3.8) is 0 Å². The highest BCUT2D eigenvalue weighted by atomic mass is 16.3. The van der Waals surface area contributed by atoms with Crippen molar-refractivity contribution in [2.45, 2.75) is 0 Å². The molecule has 10 rings (SSSR count). The molecule has 0 bridgehead atoms. The number of anilines is 3. The Bertz CT molecular complexity index is 2910. The van der Waals surface area contributed by atoms with Gasteiger partial charge in [0.05, 0.1) is 0 Å². The number of benzene rings is 9. The lowest BCUT2D eigenvalue weighted by molar-refractivity contribution is 0.631. The van der Waals surface area contributed by atoms with Crippen LogP contribution in [0, 0.1) is 0 Å². The molecule has 58 heavy (non-hydrogen) atoms. The van der Waals surface area contributed by atoms with Gasteiger partial charge in [0.1, 0.15) is 11.3 Å². The third-order valence-electron chi connectivity index (χ3n) is 10.9. The summed E-state index contributed by atoms with van der Waals surface area (Å²) < 4.78 is 6.21. The Morgan fingerprint density at radius 1 is 0.259 bits per heavy atom. The fraction of sp³-hybridized carbons (Fsp3) is 0. The second-order valence-electron chi connectivity index (χ2n) is 14.6. The third-order valence-corrected chi connectivity index (χ3v) is 10.9. The van der Waals surface area contributed by atoms with Crippen molar-refractivity contribution in [2.24, 2.45) is 0 Å². The molecule has 1 heterocycles. The Kier molecular flexibility index (Phi) is 9.27. The van der Waals surface area contributed by atoms with Crippen LogP contribution in [0.5, 0.6) is 0 Å². The van der Waals surface area contributed by atoms with E-state index in [4.69, 9.17) is 4.42 Å². The SMILES string of the molecule is c1ccc(-c2ccc(-c3ccc(N(c4ccc(-c5cccc(-c6cc7ccccc7o6)c5)cc4)c4ccc(-c5ccccc5-c5ccccc5)cc4)cc3)cc2)cc1. The summed E-state index contributed by atoms with van der Waals surface area (Å²) in [5.41, 5.74) is 17.1. The minimum atomic E-state index is 0.872. The van der Waals surface area contributed by atoms with Crippen LogP contribution >= 0.6 is 0 Å². The van der Waals surface area contributed by atoms with E-state index in [1.807, 2.05) is 18.2 Å². The van der Waals surface area contributed by atoms with Crippen molar-refractivity contribution >= 4 is 28.0 Å². The fourth-order valence-electron chi connectivity index (χ4n) is 7.91. The second-order valence-corrected chi connectivity index (χ2v) is 14.6. The maximum absolute atomic E-state index is 6.21. The topological polar surface area (TPSA) is 16.4 Å². The number of nitrogens with zero attached hydrogens (tertiary/aromatic N) is 1. The molecular formula is C56H39NO. The Hall–Kier alpha value is -7.68. The van der Waals surface area contributed by atoms with Gasteiger partial charge in [-0.05, 0) is 110 Å². The molecule has 2 heteroatoms. The predicted octanol–water partition coefficient (Wildman–Crippen LogP) is 15.9. The standard InChI is InChI=1S/C56H39NO/c1-3-12-40(13-4-1)41-22-24-42(25-23-41)43-26-32-50(33-27-43)57(52-36-30-46(31-37-52)54-20-9-8-19-53(54)45-14-5-2-6-15-45)51-34-28-44(29-35-51)47-17-11-18-48(38-47)56-39-49-16-7-10-21-55(49)58-56/h1-39H. The molecule has 9 aromatic carbocycles. The Labute approximate surface area is 339 Å². The molecule has 0 aliphatic heterocycles. The normalized spacial score (nSPS) is 11.1. The maximum atomic E-state index is 6.21. The molecule has 0 fully saturated rings. The largest absolute Gasteiger partial charge is 0.456 e. The van der Waals surface area contributed by atoms with E-state index < -0.39 is 0 Å². The average Bonchev–Trinajstić information content (AvgIpc) is 3.76. The Morgan fingerprint density at radius 3 is 1.19 bits per heavy atom. The summed E-state index contributed by atoms with van der Waals surface area (Å²) in [7, 11) is 0. The zero-order chi connectivity index (χ0) is 38.7. The minimum Gasteiger partial charge on any atom is -0.456 e. The van der Waals surface area contributed by atoms with Gasteiger partial charge >= 0.3 is 0 Å². The van der Waals surface area contributed by atoms with Crippen LogP contribution in [-0.4, -0.2) is 0 Å². The van der Waals surface area contributed by atoms with Crippen molar-refractivity contribution < 1.29 is 4.42 Å². The van der Waals surface area contributed by atoms with Crippen molar-refractivity contribution in [1.82, 2.24) is 0 Å². The molecule has 0 aliphatic rings. The van der Waals surface area contributed by atoms with Crippen LogP contribution in [0.15, 0.2) is 241 Å². The zero-order valence-electron chi connectivity index (χ0n) is 31.9. The van der Waals surface area contributed by atoms with E-state index >= 15 is 0 Å². The zero-order valence-corrected chi connectivity index (χ0v) is 31.9. The van der Waals surface area contributed by atoms with Gasteiger partial charge in [-0.25, -0.2) is 0 Å². The van der Waals surface area contributed by atoms with Gasteiger partial charge < -0.3 is 9.32 Å². The molecule has 0 aliphatic carbocycles. The summed E-state index contributed by atoms with van der Waals surface area (Å²) in [4.78, 5) is 2.34. The highest BCUT2D eigenvalue weighted by molar-refractivity contribution is 5.87. The third kappa shape index (κ3) is 7.00. The molecule has 0 unspecified atom stereocenters. The smallest absolute Gasteiger partial charge is 0.135 e. The molecule has 0 N–H and O–H groups in total. The van der Waals surface area contributed by atoms with E-state index in [0.717, 1.165) is 50.5 Å². The summed E-state index contributed by atoms with van der Waals surface area (Å²) in [6.07, 6.45) is 0. The lowest BCUT2D eigenvalue weighted by atomic mass is 9.94. The van der Waals surface area contributed by atoms with Gasteiger partial charge in [-0.2, -0.15) is 0 Å². The molecule has 0 saturated carbocycles. The van der Waals surface area contributed by atoms with Crippen LogP contribution in [0.2, 0.25) is 0 Å². The molecule has 10 aromatic rings. The maximum Gasteiger partial charge on any atom is 0.135 e. The van der Waals surface area contributed by atoms with Crippen molar-refractivity contribution in [2.75, 3.05) is 4.90 Å². The minimum absolute atomic E-state index is 0.872. The van der Waals surface area contributed by atoms with Gasteiger partial charge in [0.25, 0.3) is 0 Å². The average molecular weight is 742 g/mol. The van der Waals surface area contributed by atoms with Crippen molar-refractivity contribution in [3.8, 4) is 67.0 Å². The molecule has 0 atom stereocenters. The van der Waals surface area contributed by atoms with E-state index in [1.54, 1.807) is 0 Å². The summed E-state index contributed by atoms with van der Waals surface area (Å²) >= 11 is 0. The highest BCUT2D eigenvalue weighted by Crippen LogP contribution is 2.40. The summed E-state index contributed by atoms with van der Waals surface area (Å²) in [5, 5.41) is 1.11. The van der Waals surface area contributed by atoms with Gasteiger partial charge in [0.15, 0.2) is 0 Å². The van der Waals surface area contributed by atoms with Crippen LogP contribution in [-0.2, 0) is 0 Å². The number of rotatable bonds is 9. The predicted molar refractivity (Wildman–Crippen MR) is 244 cm³/mol. The van der Waals surface area contributed by atoms with E-state index in [1.165, 1.54) is 44.5 Å². The quantitative estimate of drug-likeness (QED) is 0.146. The number of fused-ring (bicyclic) bond motifs is 1. The number of hydrogen-bond donors (Lipinski definition) is 0. The highest BCUT2D eigenvalue weighted by Gasteiger charge is 2.15. The van der Waals surface area contributed by atoms with Gasteiger partial charge in [-0.15, -0.1) is 0 Å². The molecule has 0 saturated heterocycles. The first-order valence-corrected chi connectivity index (χ1v) is 19.7. The molecule has 0 spiro atoms. The number of furan rings is 1. The van der Waals surface area contributed by atoms with Gasteiger partial charge in [0, 0.05) is 28.0 Å². The number of para-hydroxylation sites is 1. The fourth-order valence-corrected chi connectivity index (χ4v) is 7.91. The van der Waals surface area contributed by atoms with Crippen molar-refractivity contribution in [3.05, 3.63) is 237 Å². The Balaban J connectivity index is 0.990. The van der Waals surface area contributed by atoms with E-state index in [2.05, 4.69) is 223 Å². The monoisotopic (exact) mass is 741 g/mol. The van der Waals surface area contributed by atoms with Crippen LogP contribution in [0.4, 0.5) is 17.1 Å². The summed E-state index contributed by atoms with van der Waals surface area (Å²) in [6.45, 7) is 0. The van der Waals surface area contributed by atoms with Crippen molar-refractivity contribution in [1.29, 1.82) is 0 Å². The van der Waals surface area contributed by atoms with E-state index in [0.29, 0.717) is 0 Å².